The van der Waals surface area contributed by atoms with Gasteiger partial charge in [0.15, 0.2) is 5.16 Å². The topological polar surface area (TPSA) is 90.7 Å². The summed E-state index contributed by atoms with van der Waals surface area (Å²) in [5.41, 5.74) is 0.337. The molecule has 1 amide bonds. The van der Waals surface area contributed by atoms with Crippen molar-refractivity contribution in [1.29, 1.82) is 0 Å². The molecule has 3 rings (SSSR count). The number of nitrogens with zero attached hydrogens (tertiary/aromatic N) is 3. The number of aromatic nitrogens is 2. The number of ether oxygens (including phenoxy) is 2. The van der Waals surface area contributed by atoms with Crippen molar-refractivity contribution in [3.8, 4) is 0 Å². The average Bonchev–Trinajstić information content (AvgIpc) is 2.71. The molecule has 1 aromatic heterocycles. The van der Waals surface area contributed by atoms with E-state index >= 15 is 0 Å². The number of esters is 1. The molecule has 1 fully saturated rings. The van der Waals surface area contributed by atoms with Crippen LogP contribution in [-0.4, -0.2) is 65.5 Å². The maximum Gasteiger partial charge on any atom is 0.307 e. The summed E-state index contributed by atoms with van der Waals surface area (Å²) in [6.07, 6.45) is 0.0569. The molecule has 2 aromatic rings. The minimum absolute atomic E-state index is 0.0229. The molecule has 0 bridgehead atoms. The Labute approximate surface area is 160 Å². The van der Waals surface area contributed by atoms with E-state index in [1.54, 1.807) is 29.2 Å². The van der Waals surface area contributed by atoms with Crippen LogP contribution in [0.15, 0.2) is 34.2 Å². The highest BCUT2D eigenvalue weighted by Crippen LogP contribution is 2.19. The highest BCUT2D eigenvalue weighted by Gasteiger charge is 2.19. The Balaban J connectivity index is 1.84. The lowest BCUT2D eigenvalue weighted by molar-refractivity contribution is -0.141. The molecule has 1 aromatic carbocycles. The molecule has 1 saturated heterocycles. The number of hydrogen-bond acceptors (Lipinski definition) is 7. The van der Waals surface area contributed by atoms with Crippen molar-refractivity contribution in [3.63, 3.8) is 0 Å². The first-order chi connectivity index (χ1) is 13.1. The van der Waals surface area contributed by atoms with Crippen LogP contribution in [0.3, 0.4) is 0 Å². The Hall–Kier alpha value is -2.39. The third-order valence-electron chi connectivity index (χ3n) is 4.28. The van der Waals surface area contributed by atoms with Crippen molar-refractivity contribution in [2.24, 2.45) is 0 Å². The molecular weight excluding hydrogens is 370 g/mol. The Morgan fingerprint density at radius 3 is 2.74 bits per heavy atom. The molecule has 0 spiro atoms. The minimum Gasteiger partial charge on any atom is -0.469 e. The van der Waals surface area contributed by atoms with Gasteiger partial charge in [-0.15, -0.1) is 0 Å². The quantitative estimate of drug-likeness (QED) is 0.411. The molecule has 1 aliphatic rings. The Morgan fingerprint density at radius 1 is 1.26 bits per heavy atom. The van der Waals surface area contributed by atoms with Gasteiger partial charge in [0.2, 0.25) is 5.91 Å². The van der Waals surface area contributed by atoms with Gasteiger partial charge >= 0.3 is 5.97 Å². The van der Waals surface area contributed by atoms with Crippen molar-refractivity contribution < 1.29 is 19.1 Å². The van der Waals surface area contributed by atoms with Gasteiger partial charge in [0.05, 0.1) is 43.4 Å². The maximum atomic E-state index is 12.8. The summed E-state index contributed by atoms with van der Waals surface area (Å²) >= 11 is 1.20. The van der Waals surface area contributed by atoms with Crippen LogP contribution < -0.4 is 5.56 Å². The van der Waals surface area contributed by atoms with Gasteiger partial charge in [0.25, 0.3) is 5.56 Å². The van der Waals surface area contributed by atoms with Gasteiger partial charge in [-0.1, -0.05) is 23.9 Å². The fourth-order valence-electron chi connectivity index (χ4n) is 2.79. The molecule has 2 heterocycles. The number of benzene rings is 1. The summed E-state index contributed by atoms with van der Waals surface area (Å²) in [5.74, 6) is -0.260. The Kier molecular flexibility index (Phi) is 6.46. The molecule has 8 nitrogen and oxygen atoms in total. The van der Waals surface area contributed by atoms with Crippen LogP contribution in [0.5, 0.6) is 0 Å². The van der Waals surface area contributed by atoms with Gasteiger partial charge in [0, 0.05) is 19.6 Å². The van der Waals surface area contributed by atoms with E-state index in [4.69, 9.17) is 4.74 Å². The lowest BCUT2D eigenvalue weighted by Crippen LogP contribution is -2.41. The van der Waals surface area contributed by atoms with E-state index in [-0.39, 0.29) is 30.2 Å². The summed E-state index contributed by atoms with van der Waals surface area (Å²) in [7, 11) is 1.31. The monoisotopic (exact) mass is 391 g/mol. The fraction of sp³-hybridized carbons (Fsp3) is 0.444. The van der Waals surface area contributed by atoms with Crippen LogP contribution in [0.2, 0.25) is 0 Å². The van der Waals surface area contributed by atoms with Crippen LogP contribution in [0, 0.1) is 0 Å². The first-order valence-electron chi connectivity index (χ1n) is 8.65. The number of morpholine rings is 1. The molecule has 144 valence electrons. The number of carbonyl (C=O) groups is 2. The van der Waals surface area contributed by atoms with Gasteiger partial charge in [-0.2, -0.15) is 0 Å². The van der Waals surface area contributed by atoms with E-state index in [1.807, 2.05) is 0 Å². The zero-order valence-electron chi connectivity index (χ0n) is 15.1. The Morgan fingerprint density at radius 2 is 2.00 bits per heavy atom. The number of carbonyl (C=O) groups excluding carboxylic acids is 2. The molecule has 0 N–H and O–H groups in total. The molecule has 9 heteroatoms. The smallest absolute Gasteiger partial charge is 0.307 e. The standard InChI is InChI=1S/C18H21N3O5S/c1-25-16(23)6-7-21-17(24)13-4-2-3-5-14(13)19-18(21)27-12-15(22)20-8-10-26-11-9-20/h2-5H,6-12H2,1H3. The summed E-state index contributed by atoms with van der Waals surface area (Å²) in [6.45, 7) is 2.36. The van der Waals surface area contributed by atoms with Crippen molar-refractivity contribution in [3.05, 3.63) is 34.6 Å². The lowest BCUT2D eigenvalue weighted by Gasteiger charge is -2.26. The third-order valence-corrected chi connectivity index (χ3v) is 5.24. The number of thioether (sulfide) groups is 1. The largest absolute Gasteiger partial charge is 0.469 e. The highest BCUT2D eigenvalue weighted by atomic mass is 32.2. The van der Waals surface area contributed by atoms with Gasteiger partial charge in [-0.05, 0) is 12.1 Å². The first-order valence-corrected chi connectivity index (χ1v) is 9.63. The van der Waals surface area contributed by atoms with Crippen LogP contribution >= 0.6 is 11.8 Å². The van der Waals surface area contributed by atoms with Crippen molar-refractivity contribution >= 4 is 34.5 Å². The molecule has 0 atom stereocenters. The summed E-state index contributed by atoms with van der Waals surface area (Å²) in [4.78, 5) is 43.0. The van der Waals surface area contributed by atoms with Gasteiger partial charge in [0.1, 0.15) is 0 Å². The number of hydrogen-bond donors (Lipinski definition) is 0. The normalized spacial score (nSPS) is 14.3. The van der Waals surface area contributed by atoms with Gasteiger partial charge in [-0.3, -0.25) is 19.0 Å². The molecule has 0 saturated carbocycles. The fourth-order valence-corrected chi connectivity index (χ4v) is 3.72. The van der Waals surface area contributed by atoms with Crippen molar-refractivity contribution in [1.82, 2.24) is 14.5 Å². The van der Waals surface area contributed by atoms with E-state index in [0.29, 0.717) is 42.4 Å². The van der Waals surface area contributed by atoms with Crippen molar-refractivity contribution in [2.45, 2.75) is 18.1 Å². The molecule has 0 radical (unpaired) electrons. The van der Waals surface area contributed by atoms with Gasteiger partial charge < -0.3 is 14.4 Å². The molecular formula is C18H21N3O5S. The summed E-state index contributed by atoms with van der Waals surface area (Å²) < 4.78 is 11.4. The van der Waals surface area contributed by atoms with Gasteiger partial charge in [-0.25, -0.2) is 4.98 Å². The van der Waals surface area contributed by atoms with E-state index in [0.717, 1.165) is 0 Å². The van der Waals surface area contributed by atoms with Crippen LogP contribution in [0.1, 0.15) is 6.42 Å². The second-order valence-electron chi connectivity index (χ2n) is 5.98. The molecule has 0 aliphatic carbocycles. The first kappa shape index (κ1) is 19.4. The Bertz CT molecular complexity index is 892. The van der Waals surface area contributed by atoms with Crippen LogP contribution in [0.25, 0.3) is 10.9 Å². The van der Waals surface area contributed by atoms with Crippen LogP contribution in [-0.2, 0) is 25.6 Å². The molecule has 1 aliphatic heterocycles. The third kappa shape index (κ3) is 4.67. The summed E-state index contributed by atoms with van der Waals surface area (Å²) in [6, 6.07) is 7.04. The SMILES string of the molecule is COC(=O)CCn1c(SCC(=O)N2CCOCC2)nc2ccccc2c1=O. The predicted octanol–water partition coefficient (Wildman–Crippen LogP) is 0.910. The number of para-hydroxylation sites is 1. The van der Waals surface area contributed by atoms with Crippen LogP contribution in [0.4, 0.5) is 0 Å². The van der Waals surface area contributed by atoms with Crippen molar-refractivity contribution in [2.75, 3.05) is 39.2 Å². The van der Waals surface area contributed by atoms with E-state index in [2.05, 4.69) is 9.72 Å². The minimum atomic E-state index is -0.407. The number of methoxy groups -OCH3 is 1. The predicted molar refractivity (Wildman–Crippen MR) is 101 cm³/mol. The molecule has 0 unspecified atom stereocenters. The van der Waals surface area contributed by atoms with E-state index < -0.39 is 5.97 Å². The van der Waals surface area contributed by atoms with E-state index in [9.17, 15) is 14.4 Å². The summed E-state index contributed by atoms with van der Waals surface area (Å²) in [5, 5.41) is 0.899. The number of rotatable bonds is 6. The zero-order valence-corrected chi connectivity index (χ0v) is 15.9. The maximum absolute atomic E-state index is 12.8. The highest BCUT2D eigenvalue weighted by molar-refractivity contribution is 7.99. The second-order valence-corrected chi connectivity index (χ2v) is 6.92. The lowest BCUT2D eigenvalue weighted by atomic mass is 10.2. The zero-order chi connectivity index (χ0) is 19.2. The number of fused-ring (bicyclic) bond motifs is 1. The average molecular weight is 391 g/mol. The second kappa shape index (κ2) is 9.01. The number of amides is 1. The van der Waals surface area contributed by atoms with E-state index in [1.165, 1.54) is 23.4 Å². The molecule has 27 heavy (non-hydrogen) atoms.